The van der Waals surface area contributed by atoms with E-state index in [0.717, 1.165) is 6.21 Å². The minimum absolute atomic E-state index is 0.373. The summed E-state index contributed by atoms with van der Waals surface area (Å²) >= 11 is 0. The van der Waals surface area contributed by atoms with E-state index in [0.29, 0.717) is 28.3 Å². The van der Waals surface area contributed by atoms with E-state index in [2.05, 4.69) is 0 Å². The molecule has 0 heterocycles. The van der Waals surface area contributed by atoms with Crippen LogP contribution in [0.15, 0.2) is 30.5 Å². The van der Waals surface area contributed by atoms with E-state index in [9.17, 15) is 13.6 Å². The molecular formula is C11H11F2N2O+. The van der Waals surface area contributed by atoms with Crippen LogP contribution in [-0.2, 0) is 0 Å². The van der Waals surface area contributed by atoms with E-state index < -0.39 is 6.55 Å². The topological polar surface area (TPSA) is 57.5 Å². The summed E-state index contributed by atoms with van der Waals surface area (Å²) in [5, 5.41) is 7.83. The van der Waals surface area contributed by atoms with Gasteiger partial charge in [0.15, 0.2) is 0 Å². The second-order valence-electron chi connectivity index (χ2n) is 3.03. The van der Waals surface area contributed by atoms with E-state index in [1.165, 1.54) is 6.20 Å². The van der Waals surface area contributed by atoms with Crippen molar-refractivity contribution < 1.29 is 18.9 Å². The van der Waals surface area contributed by atoms with Crippen molar-refractivity contribution in [2.24, 2.45) is 0 Å². The number of rotatable bonds is 5. The first-order valence-corrected chi connectivity index (χ1v) is 4.56. The molecule has 0 radical (unpaired) electrons. The van der Waals surface area contributed by atoms with Crippen molar-refractivity contribution in [1.29, 1.82) is 5.41 Å². The van der Waals surface area contributed by atoms with Crippen molar-refractivity contribution >= 4 is 18.1 Å². The Kier molecular flexibility index (Phi) is 4.47. The smallest absolute Gasteiger partial charge is 0.308 e. The average molecular weight is 225 g/mol. The van der Waals surface area contributed by atoms with Crippen LogP contribution in [0.2, 0.25) is 0 Å². The van der Waals surface area contributed by atoms with E-state index in [1.54, 1.807) is 24.3 Å². The maximum absolute atomic E-state index is 11.9. The van der Waals surface area contributed by atoms with E-state index >= 15 is 0 Å². The molecule has 0 aliphatic heterocycles. The lowest BCUT2D eigenvalue weighted by Crippen LogP contribution is -2.82. The minimum atomic E-state index is -2.54. The number of nitrogens with one attached hydrogen (secondary N) is 1. The van der Waals surface area contributed by atoms with Crippen LogP contribution in [0.25, 0.3) is 5.57 Å². The molecule has 0 atom stereocenters. The first-order chi connectivity index (χ1) is 7.67. The largest absolute Gasteiger partial charge is 0.382 e. The third kappa shape index (κ3) is 3.36. The number of carbonyl (C=O) groups is 1. The van der Waals surface area contributed by atoms with Crippen molar-refractivity contribution in [2.45, 2.75) is 6.55 Å². The molecule has 0 amide bonds. The van der Waals surface area contributed by atoms with Crippen LogP contribution in [0, 0.1) is 5.41 Å². The highest BCUT2D eigenvalue weighted by Gasteiger charge is 2.05. The second kappa shape index (κ2) is 5.87. The maximum atomic E-state index is 11.9. The number of hydrogen-bond donors (Lipinski definition) is 2. The summed E-state index contributed by atoms with van der Waals surface area (Å²) in [5.74, 6) is 0. The SMILES string of the molecule is N=C/C(=C\[NH2+]C(F)F)c1ccc(C=O)cc1. The third-order valence-electron chi connectivity index (χ3n) is 1.96. The fourth-order valence-corrected chi connectivity index (χ4v) is 1.16. The van der Waals surface area contributed by atoms with Gasteiger partial charge in [0, 0.05) is 11.8 Å². The molecule has 1 aromatic rings. The molecule has 3 nitrogen and oxygen atoms in total. The predicted molar refractivity (Wildman–Crippen MR) is 56.5 cm³/mol. The van der Waals surface area contributed by atoms with Gasteiger partial charge in [-0.1, -0.05) is 24.3 Å². The van der Waals surface area contributed by atoms with Gasteiger partial charge in [-0.05, 0) is 5.56 Å². The molecule has 3 N–H and O–H groups in total. The number of carbonyl (C=O) groups excluding carboxylic acids is 1. The molecule has 0 spiro atoms. The van der Waals surface area contributed by atoms with Gasteiger partial charge in [0.1, 0.15) is 12.5 Å². The second-order valence-corrected chi connectivity index (χ2v) is 3.03. The number of alkyl halides is 2. The lowest BCUT2D eigenvalue weighted by molar-refractivity contribution is -0.680. The highest BCUT2D eigenvalue weighted by Crippen LogP contribution is 2.11. The Bertz CT molecular complexity index is 399. The maximum Gasteiger partial charge on any atom is 0.382 e. The number of halogens is 2. The number of allylic oxidation sites excluding steroid dienone is 1. The molecule has 16 heavy (non-hydrogen) atoms. The van der Waals surface area contributed by atoms with Crippen molar-refractivity contribution in [3.8, 4) is 0 Å². The molecule has 84 valence electrons. The van der Waals surface area contributed by atoms with E-state index in [4.69, 9.17) is 5.41 Å². The zero-order valence-electron chi connectivity index (χ0n) is 8.36. The van der Waals surface area contributed by atoms with Crippen LogP contribution < -0.4 is 5.32 Å². The Hall–Kier alpha value is -1.88. The molecule has 0 saturated heterocycles. The molecular weight excluding hydrogens is 214 g/mol. The Balaban J connectivity index is 2.90. The first-order valence-electron chi connectivity index (χ1n) is 4.56. The number of hydrogen-bond acceptors (Lipinski definition) is 2. The molecule has 0 bridgehead atoms. The molecule has 0 unspecified atom stereocenters. The summed E-state index contributed by atoms with van der Waals surface area (Å²) in [6, 6.07) is 6.37. The van der Waals surface area contributed by atoms with E-state index in [-0.39, 0.29) is 0 Å². The minimum Gasteiger partial charge on any atom is -0.308 e. The number of nitrogens with two attached hydrogens (primary N) is 1. The number of aldehydes is 1. The summed E-state index contributed by atoms with van der Waals surface area (Å²) in [5.41, 5.74) is 1.50. The molecule has 1 aromatic carbocycles. The van der Waals surface area contributed by atoms with Crippen LogP contribution in [-0.4, -0.2) is 19.1 Å². The van der Waals surface area contributed by atoms with Crippen LogP contribution in [0.3, 0.4) is 0 Å². The van der Waals surface area contributed by atoms with Crippen LogP contribution in [0.5, 0.6) is 0 Å². The van der Waals surface area contributed by atoms with Crippen molar-refractivity contribution in [2.75, 3.05) is 0 Å². The lowest BCUT2D eigenvalue weighted by Gasteiger charge is -2.00. The van der Waals surface area contributed by atoms with Gasteiger partial charge in [0.2, 0.25) is 0 Å². The summed E-state index contributed by atoms with van der Waals surface area (Å²) in [4.78, 5) is 10.4. The van der Waals surface area contributed by atoms with E-state index in [1.807, 2.05) is 0 Å². The Labute approximate surface area is 91.3 Å². The summed E-state index contributed by atoms with van der Waals surface area (Å²) < 4.78 is 23.9. The van der Waals surface area contributed by atoms with Crippen molar-refractivity contribution in [3.63, 3.8) is 0 Å². The number of benzene rings is 1. The molecule has 0 saturated carbocycles. The average Bonchev–Trinajstić information content (AvgIpc) is 2.30. The Morgan fingerprint density at radius 3 is 2.38 bits per heavy atom. The van der Waals surface area contributed by atoms with Gasteiger partial charge >= 0.3 is 6.55 Å². The highest BCUT2D eigenvalue weighted by atomic mass is 19.3. The molecule has 1 rings (SSSR count). The molecule has 0 aliphatic carbocycles. The fraction of sp³-hybridized carbons (Fsp3) is 0.0909. The van der Waals surface area contributed by atoms with Gasteiger partial charge in [0.05, 0.1) is 5.57 Å². The monoisotopic (exact) mass is 225 g/mol. The van der Waals surface area contributed by atoms with Crippen LogP contribution >= 0.6 is 0 Å². The quantitative estimate of drug-likeness (QED) is 0.442. The van der Waals surface area contributed by atoms with Gasteiger partial charge in [-0.25, -0.2) is 0 Å². The molecule has 0 fully saturated rings. The van der Waals surface area contributed by atoms with Crippen molar-refractivity contribution in [1.82, 2.24) is 0 Å². The predicted octanol–water partition coefficient (Wildman–Crippen LogP) is 1.28. The third-order valence-corrected chi connectivity index (χ3v) is 1.96. The first kappa shape index (κ1) is 12.2. The Morgan fingerprint density at radius 2 is 1.94 bits per heavy atom. The summed E-state index contributed by atoms with van der Waals surface area (Å²) in [6.45, 7) is -2.54. The van der Waals surface area contributed by atoms with Gasteiger partial charge in [-0.2, -0.15) is 8.78 Å². The fourth-order valence-electron chi connectivity index (χ4n) is 1.16. The standard InChI is InChI=1S/C11H10F2N2O/c12-11(13)15-6-10(5-14)9-3-1-8(7-16)2-4-9/h1-7,11,14-15H/p+1/b10-6+,14-5?. The zero-order chi connectivity index (χ0) is 12.0. The van der Waals surface area contributed by atoms with Gasteiger partial charge in [0.25, 0.3) is 0 Å². The van der Waals surface area contributed by atoms with Crippen LogP contribution in [0.1, 0.15) is 15.9 Å². The molecule has 0 aromatic heterocycles. The van der Waals surface area contributed by atoms with Gasteiger partial charge in [-0.15, -0.1) is 0 Å². The van der Waals surface area contributed by atoms with Crippen molar-refractivity contribution in [3.05, 3.63) is 41.6 Å². The highest BCUT2D eigenvalue weighted by molar-refractivity contribution is 6.07. The summed E-state index contributed by atoms with van der Waals surface area (Å²) in [7, 11) is 0. The van der Waals surface area contributed by atoms with Gasteiger partial charge in [-0.3, -0.25) is 10.1 Å². The normalized spacial score (nSPS) is 11.6. The van der Waals surface area contributed by atoms with Crippen LogP contribution in [0.4, 0.5) is 8.78 Å². The number of quaternary nitrogens is 1. The molecule has 5 heteroatoms. The van der Waals surface area contributed by atoms with Gasteiger partial charge < -0.3 is 5.41 Å². The zero-order valence-corrected chi connectivity index (χ0v) is 8.36. The lowest BCUT2D eigenvalue weighted by atomic mass is 10.1. The summed E-state index contributed by atoms with van der Waals surface area (Å²) in [6.07, 6.45) is 2.88. The Morgan fingerprint density at radius 1 is 1.31 bits per heavy atom. The molecule has 0 aliphatic rings.